The summed E-state index contributed by atoms with van der Waals surface area (Å²) in [4.78, 5) is 10.7. The van der Waals surface area contributed by atoms with E-state index in [1.807, 2.05) is 0 Å². The molecule has 0 fully saturated rings. The van der Waals surface area contributed by atoms with Crippen LogP contribution in [0.1, 0.15) is 43.5 Å². The van der Waals surface area contributed by atoms with E-state index < -0.39 is 0 Å². The maximum absolute atomic E-state index is 5.38. The van der Waals surface area contributed by atoms with E-state index in [0.29, 0.717) is 11.9 Å². The average molecular weight is 580 g/mol. The molecular formula is C42H33N3. The molecule has 2 atom stereocenters. The summed E-state index contributed by atoms with van der Waals surface area (Å²) in [5, 5.41) is 5.08. The minimum atomic E-state index is -0.101. The average Bonchev–Trinajstić information content (AvgIpc) is 3.41. The lowest BCUT2D eigenvalue weighted by molar-refractivity contribution is 0.617. The summed E-state index contributed by atoms with van der Waals surface area (Å²) >= 11 is 0. The molecule has 9 rings (SSSR count). The van der Waals surface area contributed by atoms with Gasteiger partial charge in [0.2, 0.25) is 5.95 Å². The number of rotatable bonds is 3. The van der Waals surface area contributed by atoms with Crippen LogP contribution in [0.5, 0.6) is 0 Å². The number of hydrogen-bond acceptors (Lipinski definition) is 2. The van der Waals surface area contributed by atoms with Gasteiger partial charge >= 0.3 is 0 Å². The Bertz CT molecular complexity index is 2370. The second-order valence-corrected chi connectivity index (χ2v) is 13.1. The summed E-state index contributed by atoms with van der Waals surface area (Å²) in [7, 11) is 0. The van der Waals surface area contributed by atoms with Crippen LogP contribution in [-0.2, 0) is 5.41 Å². The van der Waals surface area contributed by atoms with Gasteiger partial charge in [-0.15, -0.1) is 0 Å². The number of benzene rings is 5. The first-order chi connectivity index (χ1) is 22.0. The van der Waals surface area contributed by atoms with Gasteiger partial charge in [0.25, 0.3) is 0 Å². The Kier molecular flexibility index (Phi) is 5.58. The lowest BCUT2D eigenvalue weighted by Gasteiger charge is -2.35. The van der Waals surface area contributed by atoms with Gasteiger partial charge in [-0.05, 0) is 51.6 Å². The van der Waals surface area contributed by atoms with Gasteiger partial charge in [-0.25, -0.2) is 9.97 Å². The van der Waals surface area contributed by atoms with Crippen molar-refractivity contribution in [2.75, 3.05) is 0 Å². The molecule has 0 aliphatic heterocycles. The van der Waals surface area contributed by atoms with Crippen molar-refractivity contribution >= 4 is 32.6 Å². The highest BCUT2D eigenvalue weighted by molar-refractivity contribution is 6.24. The summed E-state index contributed by atoms with van der Waals surface area (Å²) in [5.74, 6) is 1.22. The number of allylic oxidation sites excluding steroid dienone is 4. The standard InChI is InChI=1S/C42H33N3/c1-26-14-7-8-18-29(26)35-25-34(27-15-5-4-6-16-27)43-41(44-35)45-36-23-12-10-20-31(36)39-37(45)24-28-17-13-22-33-38(28)40(39)30-19-9-11-21-32(30)42(33,2)3/h4-26,29H,1-3H3. The molecule has 2 unspecified atom stereocenters. The molecule has 216 valence electrons. The molecule has 2 heterocycles. The molecule has 2 aromatic heterocycles. The smallest absolute Gasteiger partial charge is 0.235 e. The third-order valence-electron chi connectivity index (χ3n) is 10.1. The molecule has 0 saturated heterocycles. The first-order valence-corrected chi connectivity index (χ1v) is 15.9. The normalized spacial score (nSPS) is 18.1. The first-order valence-electron chi connectivity index (χ1n) is 15.9. The van der Waals surface area contributed by atoms with Crippen molar-refractivity contribution < 1.29 is 0 Å². The highest BCUT2D eigenvalue weighted by atomic mass is 15.2. The van der Waals surface area contributed by atoms with Crippen LogP contribution >= 0.6 is 0 Å². The molecule has 2 aliphatic rings. The van der Waals surface area contributed by atoms with Crippen molar-refractivity contribution in [1.82, 2.24) is 14.5 Å². The van der Waals surface area contributed by atoms with Crippen molar-refractivity contribution in [3.05, 3.63) is 150 Å². The van der Waals surface area contributed by atoms with Gasteiger partial charge in [-0.2, -0.15) is 0 Å². The summed E-state index contributed by atoms with van der Waals surface area (Å²) in [6, 6.07) is 39.6. The Labute approximate surface area is 263 Å². The molecule has 3 heteroatoms. The topological polar surface area (TPSA) is 30.7 Å². The fraction of sp³-hybridized carbons (Fsp3) is 0.143. The lowest BCUT2D eigenvalue weighted by Crippen LogP contribution is -2.23. The largest absolute Gasteiger partial charge is 0.278 e. The van der Waals surface area contributed by atoms with Gasteiger partial charge in [0.1, 0.15) is 0 Å². The Hall–Kier alpha value is -5.28. The maximum atomic E-state index is 5.38. The summed E-state index contributed by atoms with van der Waals surface area (Å²) in [6.45, 7) is 6.98. The van der Waals surface area contributed by atoms with Crippen LogP contribution in [-0.4, -0.2) is 14.5 Å². The van der Waals surface area contributed by atoms with Gasteiger partial charge < -0.3 is 0 Å². The van der Waals surface area contributed by atoms with Crippen LogP contribution in [0.3, 0.4) is 0 Å². The minimum Gasteiger partial charge on any atom is -0.278 e. The zero-order valence-corrected chi connectivity index (χ0v) is 25.7. The highest BCUT2D eigenvalue weighted by Crippen LogP contribution is 2.52. The third-order valence-corrected chi connectivity index (χ3v) is 10.1. The van der Waals surface area contributed by atoms with E-state index in [1.165, 1.54) is 43.8 Å². The van der Waals surface area contributed by atoms with Crippen LogP contribution in [0.2, 0.25) is 0 Å². The van der Waals surface area contributed by atoms with E-state index in [4.69, 9.17) is 9.97 Å². The molecule has 0 spiro atoms. The third kappa shape index (κ3) is 3.77. The Morgan fingerprint density at radius 2 is 1.42 bits per heavy atom. The molecule has 7 aromatic rings. The van der Waals surface area contributed by atoms with Crippen LogP contribution in [0.4, 0.5) is 0 Å². The van der Waals surface area contributed by atoms with E-state index in [1.54, 1.807) is 0 Å². The van der Waals surface area contributed by atoms with Crippen LogP contribution in [0.15, 0.2) is 133 Å². The van der Waals surface area contributed by atoms with E-state index >= 15 is 0 Å². The fourth-order valence-electron chi connectivity index (χ4n) is 7.86. The number of aromatic nitrogens is 3. The molecular weight excluding hydrogens is 546 g/mol. The number of hydrogen-bond donors (Lipinski definition) is 0. The Balaban J connectivity index is 1.43. The first kappa shape index (κ1) is 26.2. The monoisotopic (exact) mass is 579 g/mol. The predicted octanol–water partition coefficient (Wildman–Crippen LogP) is 10.5. The van der Waals surface area contributed by atoms with Gasteiger partial charge in [0.05, 0.1) is 22.4 Å². The Morgan fingerprint density at radius 3 is 2.29 bits per heavy atom. The SMILES string of the molecule is CC1C=CC=CC1c1cc(-c2ccccc2)nc(-n2c3ccccc3c3c4c5c(cccc5cc32)C(C)(C)c2ccccc2-4)n1. The van der Waals surface area contributed by atoms with Crippen molar-refractivity contribution in [2.24, 2.45) is 5.92 Å². The molecule has 5 aromatic carbocycles. The zero-order valence-electron chi connectivity index (χ0n) is 25.7. The van der Waals surface area contributed by atoms with Gasteiger partial charge in [0, 0.05) is 33.2 Å². The second kappa shape index (κ2) is 9.61. The van der Waals surface area contributed by atoms with Crippen molar-refractivity contribution in [2.45, 2.75) is 32.1 Å². The van der Waals surface area contributed by atoms with Gasteiger partial charge in [-0.3, -0.25) is 4.57 Å². The van der Waals surface area contributed by atoms with E-state index in [9.17, 15) is 0 Å². The molecule has 0 saturated carbocycles. The van der Waals surface area contributed by atoms with E-state index in [0.717, 1.165) is 28.0 Å². The minimum absolute atomic E-state index is 0.101. The van der Waals surface area contributed by atoms with Gasteiger partial charge in [0.15, 0.2) is 0 Å². The lowest BCUT2D eigenvalue weighted by atomic mass is 9.68. The molecule has 0 amide bonds. The van der Waals surface area contributed by atoms with E-state index in [2.05, 4.69) is 159 Å². The molecule has 2 aliphatic carbocycles. The van der Waals surface area contributed by atoms with Gasteiger partial charge in [-0.1, -0.05) is 136 Å². The zero-order chi connectivity index (χ0) is 30.3. The van der Waals surface area contributed by atoms with Crippen molar-refractivity contribution in [3.8, 4) is 28.3 Å². The van der Waals surface area contributed by atoms with Crippen LogP contribution in [0, 0.1) is 5.92 Å². The highest BCUT2D eigenvalue weighted by Gasteiger charge is 2.35. The summed E-state index contributed by atoms with van der Waals surface area (Å²) < 4.78 is 2.30. The molecule has 0 radical (unpaired) electrons. The number of nitrogens with zero attached hydrogens (tertiary/aromatic N) is 3. The van der Waals surface area contributed by atoms with Crippen LogP contribution in [0.25, 0.3) is 60.9 Å². The van der Waals surface area contributed by atoms with E-state index in [-0.39, 0.29) is 11.3 Å². The molecule has 0 bridgehead atoms. The summed E-state index contributed by atoms with van der Waals surface area (Å²) in [6.07, 6.45) is 8.82. The van der Waals surface area contributed by atoms with Crippen LogP contribution < -0.4 is 0 Å². The maximum Gasteiger partial charge on any atom is 0.235 e. The molecule has 3 nitrogen and oxygen atoms in total. The quantitative estimate of drug-likeness (QED) is 0.208. The number of para-hydroxylation sites is 1. The summed E-state index contributed by atoms with van der Waals surface area (Å²) in [5.41, 5.74) is 10.6. The molecule has 0 N–H and O–H groups in total. The molecule has 45 heavy (non-hydrogen) atoms. The second-order valence-electron chi connectivity index (χ2n) is 13.1. The fourth-order valence-corrected chi connectivity index (χ4v) is 7.86. The number of fused-ring (bicyclic) bond motifs is 6. The van der Waals surface area contributed by atoms with Crippen molar-refractivity contribution in [3.63, 3.8) is 0 Å². The predicted molar refractivity (Wildman–Crippen MR) is 187 cm³/mol. The Morgan fingerprint density at radius 1 is 0.667 bits per heavy atom. The van der Waals surface area contributed by atoms with Crippen molar-refractivity contribution in [1.29, 1.82) is 0 Å².